The second kappa shape index (κ2) is 5.12. The summed E-state index contributed by atoms with van der Waals surface area (Å²) in [5.41, 5.74) is 2.32. The molecule has 0 bridgehead atoms. The molecule has 6 heteroatoms. The van der Waals surface area contributed by atoms with E-state index in [1.165, 1.54) is 18.5 Å². The number of nitrogens with zero attached hydrogens (tertiary/aromatic N) is 3. The lowest BCUT2D eigenvalue weighted by Gasteiger charge is -2.16. The van der Waals surface area contributed by atoms with Crippen LogP contribution in [0.25, 0.3) is 16.6 Å². The summed E-state index contributed by atoms with van der Waals surface area (Å²) in [6.45, 7) is 3.00. The minimum absolute atomic E-state index is 0.127. The van der Waals surface area contributed by atoms with E-state index in [9.17, 15) is 13.2 Å². The number of rotatable bonds is 2. The zero-order chi connectivity index (χ0) is 15.9. The first-order chi connectivity index (χ1) is 10.4. The van der Waals surface area contributed by atoms with Crippen molar-refractivity contribution in [2.24, 2.45) is 0 Å². The Kier molecular flexibility index (Phi) is 3.39. The second-order valence-electron chi connectivity index (χ2n) is 5.25. The molecular weight excluding hydrogens is 291 g/mol. The van der Waals surface area contributed by atoms with Gasteiger partial charge in [-0.05, 0) is 31.5 Å². The molecule has 0 aliphatic carbocycles. The zero-order valence-corrected chi connectivity index (χ0v) is 12.1. The van der Waals surface area contributed by atoms with Crippen molar-refractivity contribution in [3.63, 3.8) is 0 Å². The van der Waals surface area contributed by atoms with Gasteiger partial charge in [0.15, 0.2) is 0 Å². The summed E-state index contributed by atoms with van der Waals surface area (Å²) >= 11 is 0. The molecule has 0 fully saturated rings. The Morgan fingerprint density at radius 2 is 1.86 bits per heavy atom. The molecule has 0 unspecified atom stereocenters. The molecule has 3 aromatic rings. The maximum absolute atomic E-state index is 12.9. The molecule has 3 rings (SSSR count). The first-order valence-corrected chi connectivity index (χ1v) is 6.84. The average molecular weight is 305 g/mol. The maximum atomic E-state index is 12.9. The van der Waals surface area contributed by atoms with Crippen molar-refractivity contribution < 1.29 is 13.2 Å². The minimum atomic E-state index is -4.29. The van der Waals surface area contributed by atoms with Crippen LogP contribution >= 0.6 is 0 Å². The number of hydrogen-bond acceptors (Lipinski definition) is 2. The molecule has 0 amide bonds. The third kappa shape index (κ3) is 2.45. The van der Waals surface area contributed by atoms with Crippen LogP contribution in [-0.4, -0.2) is 20.9 Å². The first-order valence-electron chi connectivity index (χ1n) is 6.84. The minimum Gasteiger partial charge on any atom is -0.262 e. The third-order valence-electron chi connectivity index (χ3n) is 3.75. The first kappa shape index (κ1) is 14.6. The second-order valence-corrected chi connectivity index (χ2v) is 5.25. The van der Waals surface area contributed by atoms with Gasteiger partial charge in [0.1, 0.15) is 0 Å². The molecule has 0 spiro atoms. The van der Waals surface area contributed by atoms with Crippen molar-refractivity contribution in [1.29, 1.82) is 0 Å². The van der Waals surface area contributed by atoms with E-state index in [4.69, 9.17) is 0 Å². The molecular formula is C16H14F3N3. The molecule has 0 N–H and O–H groups in total. The number of para-hydroxylation sites is 1. The quantitative estimate of drug-likeness (QED) is 0.703. The van der Waals surface area contributed by atoms with Crippen molar-refractivity contribution in [1.82, 2.24) is 14.8 Å². The SMILES string of the molecule is Cc1nn(-c2cncc([C@H](C)C(F)(F)F)c2)c2ccccc12. The van der Waals surface area contributed by atoms with E-state index in [0.717, 1.165) is 23.5 Å². The van der Waals surface area contributed by atoms with Crippen molar-refractivity contribution in [2.75, 3.05) is 0 Å². The van der Waals surface area contributed by atoms with E-state index < -0.39 is 12.1 Å². The van der Waals surface area contributed by atoms with Gasteiger partial charge in [-0.3, -0.25) is 4.98 Å². The molecule has 1 aromatic carbocycles. The van der Waals surface area contributed by atoms with Crippen LogP contribution < -0.4 is 0 Å². The maximum Gasteiger partial charge on any atom is 0.395 e. The lowest BCUT2D eigenvalue weighted by Crippen LogP contribution is -2.18. The number of halogens is 3. The van der Waals surface area contributed by atoms with Crippen LogP contribution in [0.1, 0.15) is 24.1 Å². The van der Waals surface area contributed by atoms with Gasteiger partial charge in [-0.15, -0.1) is 0 Å². The number of aromatic nitrogens is 3. The van der Waals surface area contributed by atoms with Gasteiger partial charge in [0.25, 0.3) is 0 Å². The van der Waals surface area contributed by atoms with Gasteiger partial charge in [0.05, 0.1) is 29.0 Å². The van der Waals surface area contributed by atoms with E-state index >= 15 is 0 Å². The highest BCUT2D eigenvalue weighted by molar-refractivity contribution is 5.83. The molecule has 1 atom stereocenters. The van der Waals surface area contributed by atoms with Crippen LogP contribution in [0.5, 0.6) is 0 Å². The Morgan fingerprint density at radius 1 is 1.14 bits per heavy atom. The van der Waals surface area contributed by atoms with Gasteiger partial charge in [-0.1, -0.05) is 18.2 Å². The number of benzene rings is 1. The molecule has 0 aliphatic heterocycles. The number of alkyl halides is 3. The van der Waals surface area contributed by atoms with Gasteiger partial charge in [0, 0.05) is 11.6 Å². The van der Waals surface area contributed by atoms with Crippen molar-refractivity contribution in [3.05, 3.63) is 54.0 Å². The lowest BCUT2D eigenvalue weighted by atomic mass is 10.0. The Bertz CT molecular complexity index is 821. The fourth-order valence-corrected chi connectivity index (χ4v) is 2.41. The summed E-state index contributed by atoms with van der Waals surface area (Å²) in [4.78, 5) is 3.95. The number of pyridine rings is 1. The van der Waals surface area contributed by atoms with Crippen molar-refractivity contribution >= 4 is 10.9 Å². The molecule has 0 radical (unpaired) electrons. The monoisotopic (exact) mass is 305 g/mol. The molecule has 2 aromatic heterocycles. The van der Waals surface area contributed by atoms with E-state index in [1.807, 2.05) is 31.2 Å². The fourth-order valence-electron chi connectivity index (χ4n) is 2.41. The number of hydrogen-bond donors (Lipinski definition) is 0. The summed E-state index contributed by atoms with van der Waals surface area (Å²) < 4.78 is 40.3. The number of aryl methyl sites for hydroxylation is 1. The molecule has 114 valence electrons. The van der Waals surface area contributed by atoms with Crippen LogP contribution in [-0.2, 0) is 0 Å². The van der Waals surface area contributed by atoms with Gasteiger partial charge >= 0.3 is 6.18 Å². The van der Waals surface area contributed by atoms with Crippen LogP contribution in [0.3, 0.4) is 0 Å². The van der Waals surface area contributed by atoms with Crippen LogP contribution in [0.15, 0.2) is 42.7 Å². The van der Waals surface area contributed by atoms with E-state index in [-0.39, 0.29) is 5.56 Å². The number of fused-ring (bicyclic) bond motifs is 1. The molecule has 3 nitrogen and oxygen atoms in total. The predicted octanol–water partition coefficient (Wildman–Crippen LogP) is 4.39. The Labute approximate surface area is 125 Å². The molecule has 0 saturated heterocycles. The largest absolute Gasteiger partial charge is 0.395 e. The standard InChI is InChI=1S/C16H14F3N3/c1-10(16(17,18)19)12-7-13(9-20-8-12)22-15-6-4-3-5-14(15)11(2)21-22/h3-10H,1-2H3/t10-/m0/s1. The van der Waals surface area contributed by atoms with Crippen molar-refractivity contribution in [2.45, 2.75) is 25.9 Å². The Balaban J connectivity index is 2.12. The molecule has 2 heterocycles. The predicted molar refractivity (Wildman–Crippen MR) is 78.1 cm³/mol. The van der Waals surface area contributed by atoms with E-state index in [0.29, 0.717) is 5.69 Å². The van der Waals surface area contributed by atoms with E-state index in [2.05, 4.69) is 10.1 Å². The average Bonchev–Trinajstić information content (AvgIpc) is 2.83. The van der Waals surface area contributed by atoms with Crippen molar-refractivity contribution in [3.8, 4) is 5.69 Å². The van der Waals surface area contributed by atoms with Gasteiger partial charge in [0.2, 0.25) is 0 Å². The third-order valence-corrected chi connectivity index (χ3v) is 3.75. The Hall–Kier alpha value is -2.37. The summed E-state index contributed by atoms with van der Waals surface area (Å²) in [6.07, 6.45) is -1.52. The van der Waals surface area contributed by atoms with Crippen LogP contribution in [0.2, 0.25) is 0 Å². The van der Waals surface area contributed by atoms with Gasteiger partial charge in [-0.25, -0.2) is 4.68 Å². The van der Waals surface area contributed by atoms with Crippen LogP contribution in [0.4, 0.5) is 13.2 Å². The molecule has 0 aliphatic rings. The molecule has 22 heavy (non-hydrogen) atoms. The summed E-state index contributed by atoms with van der Waals surface area (Å²) in [5.74, 6) is -1.57. The summed E-state index contributed by atoms with van der Waals surface area (Å²) in [5, 5.41) is 5.39. The zero-order valence-electron chi connectivity index (χ0n) is 12.1. The highest BCUT2D eigenvalue weighted by Crippen LogP contribution is 2.34. The normalized spacial score (nSPS) is 13.5. The van der Waals surface area contributed by atoms with Crippen LogP contribution in [0, 0.1) is 6.92 Å². The molecule has 0 saturated carbocycles. The topological polar surface area (TPSA) is 30.7 Å². The fraction of sp³-hybridized carbons (Fsp3) is 0.250. The van der Waals surface area contributed by atoms with Gasteiger partial charge < -0.3 is 0 Å². The lowest BCUT2D eigenvalue weighted by molar-refractivity contribution is -0.146. The highest BCUT2D eigenvalue weighted by atomic mass is 19.4. The smallest absolute Gasteiger partial charge is 0.262 e. The Morgan fingerprint density at radius 3 is 2.59 bits per heavy atom. The summed E-state index contributed by atoms with van der Waals surface area (Å²) in [6, 6.07) is 9.08. The highest BCUT2D eigenvalue weighted by Gasteiger charge is 2.37. The summed E-state index contributed by atoms with van der Waals surface area (Å²) in [7, 11) is 0. The van der Waals surface area contributed by atoms with E-state index in [1.54, 1.807) is 4.68 Å². The van der Waals surface area contributed by atoms with Gasteiger partial charge in [-0.2, -0.15) is 18.3 Å².